The second-order valence-electron chi connectivity index (χ2n) is 12.4. The third kappa shape index (κ3) is 8.18. The Bertz CT molecular complexity index is 1800. The van der Waals surface area contributed by atoms with E-state index in [1.165, 1.54) is 53.6 Å². The molecule has 0 radical (unpaired) electrons. The number of benzene rings is 2. The van der Waals surface area contributed by atoms with Gasteiger partial charge in [-0.05, 0) is 96.1 Å². The normalized spacial score (nSPS) is 17.5. The first-order chi connectivity index (χ1) is 22.7. The number of aromatic nitrogens is 5. The molecule has 14 heteroatoms. The maximum atomic E-state index is 13.2. The zero-order valence-electron chi connectivity index (χ0n) is 26.3. The predicted octanol–water partition coefficient (Wildman–Crippen LogP) is 3.58. The third-order valence-electron chi connectivity index (χ3n) is 8.98. The molecule has 0 amide bonds. The summed E-state index contributed by atoms with van der Waals surface area (Å²) in [6, 6.07) is 14.6. The molecule has 1 aliphatic carbocycles. The van der Waals surface area contributed by atoms with E-state index in [0.29, 0.717) is 54.6 Å². The number of ether oxygens (including phenoxy) is 1. The molecule has 1 aliphatic heterocycles. The van der Waals surface area contributed by atoms with Crippen LogP contribution in [-0.4, -0.2) is 57.5 Å². The summed E-state index contributed by atoms with van der Waals surface area (Å²) in [4.78, 5) is 17.0. The van der Waals surface area contributed by atoms with Gasteiger partial charge in [0.25, 0.3) is 10.0 Å². The lowest BCUT2D eigenvalue weighted by molar-refractivity contribution is 0.146. The number of aryl methyl sites for hydroxylation is 2. The van der Waals surface area contributed by atoms with E-state index in [1.807, 2.05) is 0 Å². The summed E-state index contributed by atoms with van der Waals surface area (Å²) in [5.74, 6) is 1.84. The lowest BCUT2D eigenvalue weighted by Crippen LogP contribution is -2.36. The molecule has 2 aromatic carbocycles. The zero-order valence-corrected chi connectivity index (χ0v) is 27.1. The van der Waals surface area contributed by atoms with Crippen LogP contribution < -0.4 is 26.2 Å². The number of pyridine rings is 1. The Balaban J connectivity index is 1.01. The van der Waals surface area contributed by atoms with E-state index >= 15 is 0 Å². The molecule has 2 aliphatic rings. The summed E-state index contributed by atoms with van der Waals surface area (Å²) in [5, 5.41) is 21.7. The highest BCUT2D eigenvalue weighted by Gasteiger charge is 2.22. The number of nitrogens with zero attached hydrogens (tertiary/aromatic N) is 5. The number of nitrogens with two attached hydrogens (primary N) is 1. The van der Waals surface area contributed by atoms with E-state index in [0.717, 1.165) is 30.7 Å². The predicted molar refractivity (Wildman–Crippen MR) is 178 cm³/mol. The Morgan fingerprint density at radius 1 is 1.02 bits per heavy atom. The molecule has 0 bridgehead atoms. The molecule has 4 aromatic rings. The highest BCUT2D eigenvalue weighted by Crippen LogP contribution is 2.31. The molecule has 6 rings (SSSR count). The second-order valence-corrected chi connectivity index (χ2v) is 14.1. The van der Waals surface area contributed by atoms with Crippen LogP contribution in [0.5, 0.6) is 5.75 Å². The van der Waals surface area contributed by atoms with Crippen molar-refractivity contribution in [1.29, 1.82) is 0 Å². The lowest BCUT2D eigenvalue weighted by Gasteiger charge is -2.27. The zero-order chi connectivity index (χ0) is 32.8. The van der Waals surface area contributed by atoms with Gasteiger partial charge in [0.15, 0.2) is 0 Å². The van der Waals surface area contributed by atoms with E-state index < -0.39 is 16.1 Å². The fourth-order valence-electron chi connectivity index (χ4n) is 6.33. The van der Waals surface area contributed by atoms with Gasteiger partial charge in [0, 0.05) is 37.1 Å². The highest BCUT2D eigenvalue weighted by molar-refractivity contribution is 7.92. The van der Waals surface area contributed by atoms with Gasteiger partial charge in [0.05, 0.1) is 16.7 Å². The van der Waals surface area contributed by atoms with Gasteiger partial charge in [-0.3, -0.25) is 4.72 Å². The number of aliphatic hydroxyl groups is 1. The summed E-state index contributed by atoms with van der Waals surface area (Å²) in [6.07, 6.45) is 10.6. The summed E-state index contributed by atoms with van der Waals surface area (Å²) in [6.45, 7) is 1.41. The van der Waals surface area contributed by atoms with Crippen molar-refractivity contribution < 1.29 is 18.3 Å². The average Bonchev–Trinajstić information content (AvgIpc) is 3.45. The van der Waals surface area contributed by atoms with Crippen LogP contribution in [0.25, 0.3) is 5.69 Å². The molecular weight excluding hydrogens is 620 g/mol. The lowest BCUT2D eigenvalue weighted by atomic mass is 9.86. The number of fused-ring (bicyclic) bond motifs is 1. The van der Waals surface area contributed by atoms with Crippen molar-refractivity contribution in [2.75, 3.05) is 23.5 Å². The van der Waals surface area contributed by atoms with Crippen LogP contribution in [0.15, 0.2) is 70.5 Å². The van der Waals surface area contributed by atoms with E-state index in [9.17, 15) is 18.3 Å². The van der Waals surface area contributed by atoms with Crippen molar-refractivity contribution in [3.8, 4) is 11.4 Å². The Hall–Kier alpha value is -4.27. The van der Waals surface area contributed by atoms with Crippen LogP contribution in [0.3, 0.4) is 0 Å². The molecule has 250 valence electrons. The van der Waals surface area contributed by atoms with Gasteiger partial charge in [-0.2, -0.15) is 9.36 Å². The van der Waals surface area contributed by atoms with Crippen molar-refractivity contribution in [2.45, 2.75) is 81.4 Å². The molecular formula is C33H42N8O5S. The first-order valence-electron chi connectivity index (χ1n) is 16.3. The maximum absolute atomic E-state index is 13.2. The fourth-order valence-corrected chi connectivity index (χ4v) is 7.38. The van der Waals surface area contributed by atoms with Gasteiger partial charge in [-0.15, -0.1) is 0 Å². The molecule has 2 unspecified atom stereocenters. The highest BCUT2D eigenvalue weighted by atomic mass is 32.2. The number of aliphatic hydroxyl groups excluding tert-OH is 1. The maximum Gasteiger partial charge on any atom is 0.368 e. The SMILES string of the molecule is Nc1ccc(C(O)CNCC2CCc3cc(NS(=O)(=O)c4ccc(-n5nnn(CCCC6CCCCC6)c5=O)cc4)ccc3O2)cn1. The number of nitrogens with one attached hydrogen (secondary N) is 2. The van der Waals surface area contributed by atoms with E-state index in [-0.39, 0.29) is 16.7 Å². The van der Waals surface area contributed by atoms with Crippen LogP contribution >= 0.6 is 0 Å². The number of tetrazole rings is 1. The molecule has 2 atom stereocenters. The molecule has 3 heterocycles. The van der Waals surface area contributed by atoms with Crippen molar-refractivity contribution in [2.24, 2.45) is 5.92 Å². The summed E-state index contributed by atoms with van der Waals surface area (Å²) >= 11 is 0. The Morgan fingerprint density at radius 3 is 2.60 bits per heavy atom. The largest absolute Gasteiger partial charge is 0.489 e. The van der Waals surface area contributed by atoms with E-state index in [2.05, 4.69) is 25.4 Å². The van der Waals surface area contributed by atoms with Gasteiger partial charge in [0.2, 0.25) is 0 Å². The molecule has 0 spiro atoms. The van der Waals surface area contributed by atoms with Crippen molar-refractivity contribution in [3.05, 3.63) is 82.4 Å². The third-order valence-corrected chi connectivity index (χ3v) is 10.4. The van der Waals surface area contributed by atoms with Crippen molar-refractivity contribution in [1.82, 2.24) is 30.1 Å². The smallest absolute Gasteiger partial charge is 0.368 e. The molecule has 47 heavy (non-hydrogen) atoms. The quantitative estimate of drug-likeness (QED) is 0.165. The van der Waals surface area contributed by atoms with Crippen molar-refractivity contribution >= 4 is 21.5 Å². The molecule has 5 N–H and O–H groups in total. The standard InChI is InChI=1S/C33H42N8O5S/c34-32-17-9-25(20-36-32)30(42)22-35-21-28-13-8-24-19-26(10-16-31(24)46-28)37-47(44,45)29-14-11-27(12-15-29)41-33(43)40(38-39-41)18-4-7-23-5-2-1-3-6-23/h9-12,14-17,19-20,23,28,30,35,37,42H,1-8,13,18,21-22H2,(H2,34,36). The van der Waals surface area contributed by atoms with Gasteiger partial charge in [-0.1, -0.05) is 38.2 Å². The Morgan fingerprint density at radius 2 is 1.83 bits per heavy atom. The number of anilines is 2. The Labute approximate surface area is 274 Å². The summed E-state index contributed by atoms with van der Waals surface area (Å²) in [5.41, 5.74) is 7.73. The van der Waals surface area contributed by atoms with Crippen LogP contribution in [0.2, 0.25) is 0 Å². The first kappa shape index (κ1) is 32.7. The number of nitrogen functional groups attached to an aromatic ring is 1. The number of sulfonamides is 1. The summed E-state index contributed by atoms with van der Waals surface area (Å²) < 4.78 is 37.7. The number of hydrogen-bond acceptors (Lipinski definition) is 10. The summed E-state index contributed by atoms with van der Waals surface area (Å²) in [7, 11) is -3.89. The second kappa shape index (κ2) is 14.7. The van der Waals surface area contributed by atoms with Crippen LogP contribution in [-0.2, 0) is 23.0 Å². The minimum atomic E-state index is -3.89. The minimum Gasteiger partial charge on any atom is -0.489 e. The van der Waals surface area contributed by atoms with Crippen molar-refractivity contribution in [3.63, 3.8) is 0 Å². The van der Waals surface area contributed by atoms with Gasteiger partial charge in [-0.25, -0.2) is 18.2 Å². The molecule has 2 aromatic heterocycles. The van der Waals surface area contributed by atoms with Crippen LogP contribution in [0, 0.1) is 5.92 Å². The average molecular weight is 663 g/mol. The first-order valence-corrected chi connectivity index (χ1v) is 17.8. The number of hydrogen-bond donors (Lipinski definition) is 4. The van der Waals surface area contributed by atoms with E-state index in [1.54, 1.807) is 48.7 Å². The minimum absolute atomic E-state index is 0.0613. The van der Waals surface area contributed by atoms with Crippen LogP contribution in [0.4, 0.5) is 11.5 Å². The number of rotatable bonds is 13. The fraction of sp³-hybridized carbons (Fsp3) is 0.455. The molecule has 13 nitrogen and oxygen atoms in total. The topological polar surface area (TPSA) is 179 Å². The molecule has 1 fully saturated rings. The van der Waals surface area contributed by atoms with Gasteiger partial charge in [0.1, 0.15) is 17.7 Å². The Kier molecular flexibility index (Phi) is 10.2. The molecule has 1 saturated carbocycles. The van der Waals surface area contributed by atoms with E-state index in [4.69, 9.17) is 10.5 Å². The van der Waals surface area contributed by atoms with Gasteiger partial charge < -0.3 is 20.9 Å². The van der Waals surface area contributed by atoms with Gasteiger partial charge >= 0.3 is 5.69 Å². The van der Waals surface area contributed by atoms with Crippen LogP contribution in [0.1, 0.15) is 68.6 Å². The molecule has 0 saturated heterocycles. The monoisotopic (exact) mass is 662 g/mol.